The van der Waals surface area contributed by atoms with Gasteiger partial charge in [0.15, 0.2) is 0 Å². The third kappa shape index (κ3) is 7.16. The molecule has 0 bridgehead atoms. The number of carboxylic acids is 1. The highest BCUT2D eigenvalue weighted by atomic mass is 16.5. The molecular weight excluding hydrogens is 484 g/mol. The van der Waals surface area contributed by atoms with E-state index >= 15 is 0 Å². The first kappa shape index (κ1) is 30.6. The summed E-state index contributed by atoms with van der Waals surface area (Å²) in [4.78, 5) is 24.1. The molecule has 0 aromatic rings. The predicted octanol–water partition coefficient (Wildman–Crippen LogP) is 4.95. The van der Waals surface area contributed by atoms with Gasteiger partial charge in [0.25, 0.3) is 0 Å². The van der Waals surface area contributed by atoms with Crippen LogP contribution < -0.4 is 0 Å². The number of aliphatic hydroxyl groups excluding tert-OH is 2. The zero-order valence-corrected chi connectivity index (χ0v) is 23.6. The minimum atomic E-state index is -1.37. The Morgan fingerprint density at radius 1 is 1.21 bits per heavy atom. The summed E-state index contributed by atoms with van der Waals surface area (Å²) in [6, 6.07) is 0. The van der Waals surface area contributed by atoms with Crippen LogP contribution in [0, 0.1) is 29.1 Å². The summed E-state index contributed by atoms with van der Waals surface area (Å²) in [7, 11) is 0. The molecule has 0 spiro atoms. The van der Waals surface area contributed by atoms with Crippen molar-refractivity contribution in [2.75, 3.05) is 6.61 Å². The summed E-state index contributed by atoms with van der Waals surface area (Å²) in [5.41, 5.74) is 2.29. The Labute approximate surface area is 227 Å². The van der Waals surface area contributed by atoms with Crippen LogP contribution in [-0.4, -0.2) is 56.8 Å². The number of carbonyl (C=O) groups is 2. The van der Waals surface area contributed by atoms with E-state index in [0.717, 1.165) is 56.1 Å². The largest absolute Gasteiger partial charge is 0.481 e. The second-order valence-corrected chi connectivity index (χ2v) is 12.7. The highest BCUT2D eigenvalue weighted by molar-refractivity contribution is 5.73. The Kier molecular flexibility index (Phi) is 10.0. The van der Waals surface area contributed by atoms with Crippen molar-refractivity contribution in [2.45, 2.75) is 110 Å². The van der Waals surface area contributed by atoms with Gasteiger partial charge >= 0.3 is 11.9 Å². The normalized spacial score (nSPS) is 32.6. The molecule has 0 radical (unpaired) electrons. The Morgan fingerprint density at radius 2 is 1.92 bits per heavy atom. The van der Waals surface area contributed by atoms with Gasteiger partial charge in [-0.05, 0) is 100 Å². The minimum absolute atomic E-state index is 0.00955. The summed E-state index contributed by atoms with van der Waals surface area (Å²) < 4.78 is 5.36. The van der Waals surface area contributed by atoms with Crippen molar-refractivity contribution in [1.82, 2.24) is 0 Å². The molecule has 3 rings (SSSR count). The number of carboxylic acid groups (broad SMARTS) is 1. The summed E-state index contributed by atoms with van der Waals surface area (Å²) in [6.07, 6.45) is 10.2. The van der Waals surface area contributed by atoms with Gasteiger partial charge in [0.2, 0.25) is 0 Å². The number of hydrogen-bond donors (Lipinski definition) is 4. The van der Waals surface area contributed by atoms with Gasteiger partial charge in [0.1, 0.15) is 6.61 Å². The van der Waals surface area contributed by atoms with E-state index in [-0.39, 0.29) is 42.8 Å². The molecule has 0 heterocycles. The van der Waals surface area contributed by atoms with Gasteiger partial charge in [-0.15, -0.1) is 0 Å². The molecule has 2 unspecified atom stereocenters. The molecule has 7 atom stereocenters. The van der Waals surface area contributed by atoms with Gasteiger partial charge in [-0.3, -0.25) is 9.59 Å². The standard InChI is InChI=1S/C31H48O7/c1-19-8-11-23(32)17-22(19)10-9-21-7-6-15-31(5)25(12-13-26(21)31)20(2)24(18-27(33)30(3,4)37)29(36)38-16-14-28(34)35/h9-10,20,23-27,32-33,37H,1,6-8,11-18H2,2-5H3,(H,34,35)/b21-9+,22-10-/t20-,23+,24?,25-,26+,27?,31-/m1/s1. The Hall–Kier alpha value is -1.96. The maximum Gasteiger partial charge on any atom is 0.309 e. The number of rotatable bonds is 10. The third-order valence-electron chi connectivity index (χ3n) is 9.65. The van der Waals surface area contributed by atoms with Crippen LogP contribution in [0.4, 0.5) is 0 Å². The van der Waals surface area contributed by atoms with Crippen molar-refractivity contribution in [1.29, 1.82) is 0 Å². The second-order valence-electron chi connectivity index (χ2n) is 12.7. The number of aliphatic hydroxyl groups is 3. The van der Waals surface area contributed by atoms with Crippen LogP contribution >= 0.6 is 0 Å². The van der Waals surface area contributed by atoms with Gasteiger partial charge in [-0.2, -0.15) is 0 Å². The van der Waals surface area contributed by atoms with Gasteiger partial charge in [-0.25, -0.2) is 0 Å². The Balaban J connectivity index is 1.82. The highest BCUT2D eigenvalue weighted by Gasteiger charge is 2.53. The van der Waals surface area contributed by atoms with Crippen LogP contribution in [-0.2, 0) is 14.3 Å². The fourth-order valence-corrected chi connectivity index (χ4v) is 7.22. The summed E-state index contributed by atoms with van der Waals surface area (Å²) in [5.74, 6) is -1.67. The molecule has 0 amide bonds. The first-order valence-electron chi connectivity index (χ1n) is 14.3. The lowest BCUT2D eigenvalue weighted by molar-refractivity contribution is -0.156. The number of esters is 1. The summed E-state index contributed by atoms with van der Waals surface area (Å²) >= 11 is 0. The lowest BCUT2D eigenvalue weighted by Gasteiger charge is -2.46. The van der Waals surface area contributed by atoms with Crippen molar-refractivity contribution in [3.05, 3.63) is 35.5 Å². The highest BCUT2D eigenvalue weighted by Crippen LogP contribution is 2.60. The number of aliphatic carboxylic acids is 1. The quantitative estimate of drug-likeness (QED) is 0.294. The minimum Gasteiger partial charge on any atom is -0.481 e. The molecule has 38 heavy (non-hydrogen) atoms. The molecule has 0 saturated heterocycles. The van der Waals surface area contributed by atoms with Gasteiger partial charge in [-0.1, -0.05) is 43.7 Å². The van der Waals surface area contributed by atoms with Gasteiger partial charge in [0.05, 0.1) is 30.1 Å². The van der Waals surface area contributed by atoms with Crippen molar-refractivity contribution < 1.29 is 34.8 Å². The van der Waals surface area contributed by atoms with Crippen molar-refractivity contribution >= 4 is 11.9 Å². The number of hydrogen-bond acceptors (Lipinski definition) is 6. The van der Waals surface area contributed by atoms with Crippen molar-refractivity contribution in [3.63, 3.8) is 0 Å². The maximum absolute atomic E-state index is 13.2. The molecule has 214 valence electrons. The number of fused-ring (bicyclic) bond motifs is 1. The van der Waals surface area contributed by atoms with E-state index in [4.69, 9.17) is 9.84 Å². The van der Waals surface area contributed by atoms with Crippen LogP contribution in [0.1, 0.15) is 91.9 Å². The van der Waals surface area contributed by atoms with Crippen LogP contribution in [0.15, 0.2) is 35.5 Å². The van der Waals surface area contributed by atoms with Crippen LogP contribution in [0.2, 0.25) is 0 Å². The fourth-order valence-electron chi connectivity index (χ4n) is 7.22. The molecule has 3 aliphatic carbocycles. The van der Waals surface area contributed by atoms with E-state index in [2.05, 4.69) is 25.7 Å². The molecule has 3 saturated carbocycles. The van der Waals surface area contributed by atoms with Crippen LogP contribution in [0.5, 0.6) is 0 Å². The smallest absolute Gasteiger partial charge is 0.309 e. The molecule has 7 nitrogen and oxygen atoms in total. The van der Waals surface area contributed by atoms with E-state index < -0.39 is 29.6 Å². The van der Waals surface area contributed by atoms with Crippen molar-refractivity contribution in [3.8, 4) is 0 Å². The second kappa shape index (κ2) is 12.5. The topological polar surface area (TPSA) is 124 Å². The van der Waals surface area contributed by atoms with E-state index in [1.807, 2.05) is 6.92 Å². The molecule has 0 aromatic heterocycles. The number of allylic oxidation sites excluding steroid dienone is 4. The molecule has 0 aliphatic heterocycles. The van der Waals surface area contributed by atoms with Gasteiger partial charge in [0, 0.05) is 0 Å². The number of carbonyl (C=O) groups excluding carboxylic acids is 1. The van der Waals surface area contributed by atoms with E-state index in [9.17, 15) is 24.9 Å². The SMILES string of the molecule is C=C1CC[C@H](O)C/C1=C/C=C1\CCC[C@]2(C)[C@@H]([C@H](C)C(CC(O)C(C)(C)O)C(=O)OCCC(=O)O)CC[C@@H]12. The average molecular weight is 533 g/mol. The lowest BCUT2D eigenvalue weighted by Crippen LogP contribution is -2.44. The van der Waals surface area contributed by atoms with E-state index in [0.29, 0.717) is 12.3 Å². The fraction of sp³-hybridized carbons (Fsp3) is 0.742. The monoisotopic (exact) mass is 532 g/mol. The van der Waals surface area contributed by atoms with Crippen LogP contribution in [0.3, 0.4) is 0 Å². The molecule has 4 N–H and O–H groups in total. The molecule has 3 aliphatic rings. The predicted molar refractivity (Wildman–Crippen MR) is 146 cm³/mol. The third-order valence-corrected chi connectivity index (χ3v) is 9.65. The summed E-state index contributed by atoms with van der Waals surface area (Å²) in [5, 5.41) is 40.1. The summed E-state index contributed by atoms with van der Waals surface area (Å²) in [6.45, 7) is 11.4. The Morgan fingerprint density at radius 3 is 2.58 bits per heavy atom. The van der Waals surface area contributed by atoms with Crippen molar-refractivity contribution in [2.24, 2.45) is 29.1 Å². The zero-order valence-electron chi connectivity index (χ0n) is 23.6. The first-order chi connectivity index (χ1) is 17.7. The molecule has 3 fully saturated rings. The lowest BCUT2D eigenvalue weighted by atomic mass is 9.59. The van der Waals surface area contributed by atoms with E-state index in [1.54, 1.807) is 0 Å². The number of ether oxygens (including phenoxy) is 1. The molecule has 0 aromatic carbocycles. The van der Waals surface area contributed by atoms with Gasteiger partial charge < -0.3 is 25.2 Å². The average Bonchev–Trinajstić information content (AvgIpc) is 3.19. The molecular formula is C31H48O7. The molecule has 7 heteroatoms. The van der Waals surface area contributed by atoms with E-state index in [1.165, 1.54) is 19.4 Å². The Bertz CT molecular complexity index is 942. The van der Waals surface area contributed by atoms with Crippen LogP contribution in [0.25, 0.3) is 0 Å². The maximum atomic E-state index is 13.2. The first-order valence-corrected chi connectivity index (χ1v) is 14.3. The zero-order chi connectivity index (χ0) is 28.3.